The van der Waals surface area contributed by atoms with Crippen LogP contribution in [0.3, 0.4) is 0 Å². The molecule has 0 heterocycles. The molecule has 4 nitrogen and oxygen atoms in total. The highest BCUT2D eigenvalue weighted by Gasteiger charge is 2.19. The van der Waals surface area contributed by atoms with Crippen molar-refractivity contribution >= 4 is 13.0 Å². The molecule has 0 saturated heterocycles. The molecule has 0 aromatic carbocycles. The maximum Gasteiger partial charge on any atom is 0.305 e. The Bertz CT molecular complexity index is 137. The monoisotopic (exact) mass is 137 g/mol. The third kappa shape index (κ3) is 2.09. The number of hydrogen-bond acceptors (Lipinski definition) is 2. The standard InChI is InChI=1S/C3H8NO3P/c1-4-3(5)8(2,6)7/h1-2H3,(H,4,5)(H,6,7). The van der Waals surface area contributed by atoms with Gasteiger partial charge in [-0.15, -0.1) is 0 Å². The van der Waals surface area contributed by atoms with Crippen molar-refractivity contribution in [3.8, 4) is 0 Å². The van der Waals surface area contributed by atoms with Gasteiger partial charge in [-0.3, -0.25) is 9.36 Å². The Hall–Kier alpha value is -0.340. The molecule has 0 fully saturated rings. The van der Waals surface area contributed by atoms with E-state index in [4.69, 9.17) is 4.89 Å². The van der Waals surface area contributed by atoms with Crippen LogP contribution < -0.4 is 5.32 Å². The summed E-state index contributed by atoms with van der Waals surface area (Å²) < 4.78 is 10.3. The molecular formula is C3H8NO3P. The van der Waals surface area contributed by atoms with Gasteiger partial charge in [0.2, 0.25) is 0 Å². The molecule has 1 atom stereocenters. The molecule has 5 heteroatoms. The third-order valence-electron chi connectivity index (χ3n) is 0.591. The third-order valence-corrected chi connectivity index (χ3v) is 1.57. The van der Waals surface area contributed by atoms with Gasteiger partial charge in [0.25, 0.3) is 7.37 Å². The Balaban J connectivity index is 4.04. The molecule has 1 unspecified atom stereocenters. The molecule has 0 aliphatic rings. The Morgan fingerprint density at radius 1 is 1.75 bits per heavy atom. The lowest BCUT2D eigenvalue weighted by molar-refractivity contribution is 0.257. The van der Waals surface area contributed by atoms with E-state index < -0.39 is 13.0 Å². The minimum Gasteiger partial charge on any atom is -0.351 e. The van der Waals surface area contributed by atoms with Crippen LogP contribution in [0, 0.1) is 0 Å². The molecule has 0 rings (SSSR count). The maximum absolute atomic E-state index is 10.3. The van der Waals surface area contributed by atoms with Crippen LogP contribution in [-0.2, 0) is 4.57 Å². The molecule has 0 bridgehead atoms. The van der Waals surface area contributed by atoms with Gasteiger partial charge < -0.3 is 10.2 Å². The van der Waals surface area contributed by atoms with Gasteiger partial charge in [0.15, 0.2) is 0 Å². The van der Waals surface area contributed by atoms with E-state index in [2.05, 4.69) is 5.32 Å². The molecular weight excluding hydrogens is 129 g/mol. The maximum atomic E-state index is 10.3. The van der Waals surface area contributed by atoms with Crippen LogP contribution in [0.2, 0.25) is 0 Å². The van der Waals surface area contributed by atoms with E-state index in [9.17, 15) is 9.36 Å². The molecule has 0 spiro atoms. The first-order valence-electron chi connectivity index (χ1n) is 2.01. The smallest absolute Gasteiger partial charge is 0.305 e. The molecule has 8 heavy (non-hydrogen) atoms. The predicted molar refractivity (Wildman–Crippen MR) is 30.2 cm³/mol. The molecule has 0 saturated carbocycles. The zero-order valence-electron chi connectivity index (χ0n) is 4.71. The molecule has 0 aliphatic heterocycles. The molecule has 0 aromatic rings. The zero-order chi connectivity index (χ0) is 6.78. The molecule has 1 amide bonds. The predicted octanol–water partition coefficient (Wildman–Crippen LogP) is 0.226. The quantitative estimate of drug-likeness (QED) is 0.508. The van der Waals surface area contributed by atoms with Gasteiger partial charge in [-0.25, -0.2) is 0 Å². The van der Waals surface area contributed by atoms with Gasteiger partial charge in [-0.1, -0.05) is 0 Å². The summed E-state index contributed by atoms with van der Waals surface area (Å²) in [6, 6.07) is 0. The second kappa shape index (κ2) is 2.29. The van der Waals surface area contributed by atoms with Crippen molar-refractivity contribution in [3.05, 3.63) is 0 Å². The van der Waals surface area contributed by atoms with E-state index in [-0.39, 0.29) is 0 Å². The number of nitrogens with one attached hydrogen (secondary N) is 1. The number of rotatable bonds is 1. The van der Waals surface area contributed by atoms with Crippen molar-refractivity contribution in [2.75, 3.05) is 13.7 Å². The Labute approximate surface area is 47.4 Å². The van der Waals surface area contributed by atoms with Crippen molar-refractivity contribution in [2.24, 2.45) is 0 Å². The average molecular weight is 137 g/mol. The van der Waals surface area contributed by atoms with Crippen LogP contribution in [0.4, 0.5) is 4.79 Å². The van der Waals surface area contributed by atoms with Gasteiger partial charge in [0, 0.05) is 13.7 Å². The molecule has 0 aliphatic carbocycles. The Morgan fingerprint density at radius 3 is 2.12 bits per heavy atom. The number of amides is 1. The van der Waals surface area contributed by atoms with Crippen LogP contribution in [0.1, 0.15) is 0 Å². The first kappa shape index (κ1) is 7.66. The van der Waals surface area contributed by atoms with Crippen molar-refractivity contribution in [3.63, 3.8) is 0 Å². The largest absolute Gasteiger partial charge is 0.351 e. The SMILES string of the molecule is CNC(=O)P(C)(=O)O. The highest BCUT2D eigenvalue weighted by atomic mass is 31.2. The average Bonchev–Trinajstić information content (AvgIpc) is 1.62. The van der Waals surface area contributed by atoms with Gasteiger partial charge >= 0.3 is 5.65 Å². The Kier molecular flexibility index (Phi) is 2.19. The summed E-state index contributed by atoms with van der Waals surface area (Å²) in [5.74, 6) is 0. The summed E-state index contributed by atoms with van der Waals surface area (Å²) in [6.07, 6.45) is 0. The highest BCUT2D eigenvalue weighted by Crippen LogP contribution is 2.35. The van der Waals surface area contributed by atoms with Gasteiger partial charge in [0.1, 0.15) is 0 Å². The normalized spacial score (nSPS) is 16.9. The minimum absolute atomic E-state index is 0.808. The lowest BCUT2D eigenvalue weighted by Crippen LogP contribution is -2.14. The van der Waals surface area contributed by atoms with Gasteiger partial charge in [0.05, 0.1) is 0 Å². The Morgan fingerprint density at radius 2 is 2.12 bits per heavy atom. The summed E-state index contributed by atoms with van der Waals surface area (Å²) in [5.41, 5.74) is -0.808. The van der Waals surface area contributed by atoms with E-state index in [0.29, 0.717) is 0 Å². The number of carbonyl (C=O) groups excluding carboxylic acids is 1. The van der Waals surface area contributed by atoms with E-state index >= 15 is 0 Å². The van der Waals surface area contributed by atoms with Crippen molar-refractivity contribution < 1.29 is 14.3 Å². The first-order valence-corrected chi connectivity index (χ1v) is 4.11. The number of hydrogen-bond donors (Lipinski definition) is 2. The summed E-state index contributed by atoms with van der Waals surface area (Å²) in [6.45, 7) is 0.992. The van der Waals surface area contributed by atoms with E-state index in [0.717, 1.165) is 6.66 Å². The van der Waals surface area contributed by atoms with E-state index in [1.807, 2.05) is 0 Å². The number of carbonyl (C=O) groups is 1. The fraction of sp³-hybridized carbons (Fsp3) is 0.667. The van der Waals surface area contributed by atoms with Crippen molar-refractivity contribution in [2.45, 2.75) is 0 Å². The van der Waals surface area contributed by atoms with Crippen LogP contribution in [0.5, 0.6) is 0 Å². The first-order chi connectivity index (χ1) is 3.48. The highest BCUT2D eigenvalue weighted by molar-refractivity contribution is 7.74. The fourth-order valence-corrected chi connectivity index (χ4v) is 0.622. The summed E-state index contributed by atoms with van der Waals surface area (Å²) in [5, 5.41) is 2.05. The van der Waals surface area contributed by atoms with Crippen LogP contribution >= 0.6 is 7.37 Å². The molecule has 0 radical (unpaired) electrons. The van der Waals surface area contributed by atoms with Gasteiger partial charge in [-0.2, -0.15) is 0 Å². The summed E-state index contributed by atoms with van der Waals surface area (Å²) in [4.78, 5) is 18.6. The minimum atomic E-state index is -3.51. The molecule has 48 valence electrons. The topological polar surface area (TPSA) is 66.4 Å². The lowest BCUT2D eigenvalue weighted by atomic mass is 11.2. The fourth-order valence-electron chi connectivity index (χ4n) is 0.207. The lowest BCUT2D eigenvalue weighted by Gasteiger charge is -1.99. The molecule has 2 N–H and O–H groups in total. The van der Waals surface area contributed by atoms with E-state index in [1.165, 1.54) is 7.05 Å². The van der Waals surface area contributed by atoms with Gasteiger partial charge in [-0.05, 0) is 0 Å². The summed E-state index contributed by atoms with van der Waals surface area (Å²) >= 11 is 0. The summed E-state index contributed by atoms with van der Waals surface area (Å²) in [7, 11) is -2.19. The van der Waals surface area contributed by atoms with Crippen molar-refractivity contribution in [1.82, 2.24) is 5.32 Å². The van der Waals surface area contributed by atoms with Crippen LogP contribution in [0.15, 0.2) is 0 Å². The van der Waals surface area contributed by atoms with Crippen LogP contribution in [-0.4, -0.2) is 24.3 Å². The second-order valence-corrected chi connectivity index (χ2v) is 3.60. The zero-order valence-corrected chi connectivity index (χ0v) is 5.61. The van der Waals surface area contributed by atoms with Crippen molar-refractivity contribution in [1.29, 1.82) is 0 Å². The molecule has 0 aromatic heterocycles. The van der Waals surface area contributed by atoms with E-state index in [1.54, 1.807) is 0 Å². The second-order valence-electron chi connectivity index (χ2n) is 1.43. The van der Waals surface area contributed by atoms with Crippen LogP contribution in [0.25, 0.3) is 0 Å².